The number of rotatable bonds is 3. The fourth-order valence-corrected chi connectivity index (χ4v) is 3.97. The van der Waals surface area contributed by atoms with Crippen molar-refractivity contribution in [2.24, 2.45) is 4.99 Å². The van der Waals surface area contributed by atoms with Crippen LogP contribution in [0.1, 0.15) is 17.0 Å². The molecule has 10 nitrogen and oxygen atoms in total. The van der Waals surface area contributed by atoms with Crippen molar-refractivity contribution in [1.82, 2.24) is 24.5 Å². The molecule has 0 saturated carbocycles. The highest BCUT2D eigenvalue weighted by atomic mass is 16.5. The standard InChI is InChI=1S/C19H28N7O3/c1-12-13(2)21-26(14(12)3)18-20-16-15(22(18)4)17(27)25(19(28)23(16)5)7-6-24-8-10-29-11-9-24/h15H,6-11H2,1-5H3/q+1. The topological polar surface area (TPSA) is 86.3 Å². The second-order valence-electron chi connectivity index (χ2n) is 7.78. The summed E-state index contributed by atoms with van der Waals surface area (Å²) in [7, 11) is 3.50. The minimum absolute atomic E-state index is 0.240. The first-order valence-electron chi connectivity index (χ1n) is 9.92. The van der Waals surface area contributed by atoms with Gasteiger partial charge in [0.05, 0.1) is 26.0 Å². The molecule has 1 aromatic heterocycles. The summed E-state index contributed by atoms with van der Waals surface area (Å²) in [5.41, 5.74) is 2.98. The van der Waals surface area contributed by atoms with Crippen LogP contribution in [0, 0.1) is 20.8 Å². The van der Waals surface area contributed by atoms with Crippen molar-refractivity contribution in [3.05, 3.63) is 17.0 Å². The zero-order valence-corrected chi connectivity index (χ0v) is 17.7. The Morgan fingerprint density at radius 2 is 1.83 bits per heavy atom. The number of fused-ring (bicyclic) bond motifs is 1. The van der Waals surface area contributed by atoms with Gasteiger partial charge in [-0.15, -0.1) is 9.78 Å². The average Bonchev–Trinajstić information content (AvgIpc) is 3.18. The van der Waals surface area contributed by atoms with E-state index >= 15 is 0 Å². The number of aromatic nitrogens is 2. The minimum Gasteiger partial charge on any atom is -0.379 e. The Labute approximate surface area is 170 Å². The van der Waals surface area contributed by atoms with E-state index in [1.54, 1.807) is 16.3 Å². The summed E-state index contributed by atoms with van der Waals surface area (Å²) in [6.45, 7) is 9.94. The number of nitrogens with zero attached hydrogens (tertiary/aromatic N) is 7. The summed E-state index contributed by atoms with van der Waals surface area (Å²) < 4.78 is 8.92. The normalized spacial score (nSPS) is 23.2. The number of amides is 3. The number of ether oxygens (including phenoxy) is 1. The number of imide groups is 1. The SMILES string of the molecule is Cc1nn(C2=[N+](C)C3C(=O)N(CCN4CCOCC4)C(=O)N(C)C3=N2)c(C)c1C. The maximum Gasteiger partial charge on any atom is 0.421 e. The highest BCUT2D eigenvalue weighted by Crippen LogP contribution is 2.21. The lowest BCUT2D eigenvalue weighted by molar-refractivity contribution is -0.507. The molecule has 0 radical (unpaired) electrons. The highest BCUT2D eigenvalue weighted by molar-refractivity contribution is 6.22. The van der Waals surface area contributed by atoms with Gasteiger partial charge in [-0.2, -0.15) is 0 Å². The summed E-state index contributed by atoms with van der Waals surface area (Å²) >= 11 is 0. The predicted molar refractivity (Wildman–Crippen MR) is 106 cm³/mol. The van der Waals surface area contributed by atoms with Crippen LogP contribution in [-0.4, -0.2) is 112 Å². The van der Waals surface area contributed by atoms with E-state index in [-0.39, 0.29) is 11.9 Å². The lowest BCUT2D eigenvalue weighted by Gasteiger charge is -2.35. The Kier molecular flexibility index (Phi) is 4.99. The van der Waals surface area contributed by atoms with E-state index in [0.29, 0.717) is 38.1 Å². The van der Waals surface area contributed by atoms with E-state index in [2.05, 4.69) is 15.0 Å². The Hall–Kier alpha value is -2.59. The van der Waals surface area contributed by atoms with Crippen LogP contribution in [0.25, 0.3) is 0 Å². The van der Waals surface area contributed by atoms with Crippen molar-refractivity contribution in [3.8, 4) is 0 Å². The summed E-state index contributed by atoms with van der Waals surface area (Å²) in [4.78, 5) is 35.8. The monoisotopic (exact) mass is 402 g/mol. The molecule has 1 atom stereocenters. The second-order valence-corrected chi connectivity index (χ2v) is 7.78. The molecule has 4 heterocycles. The molecule has 29 heavy (non-hydrogen) atoms. The van der Waals surface area contributed by atoms with Crippen LogP contribution in [0.5, 0.6) is 0 Å². The Morgan fingerprint density at radius 3 is 2.45 bits per heavy atom. The van der Waals surface area contributed by atoms with Gasteiger partial charge in [0, 0.05) is 38.8 Å². The number of hydrogen-bond donors (Lipinski definition) is 0. The maximum atomic E-state index is 13.2. The third kappa shape index (κ3) is 3.16. The summed E-state index contributed by atoms with van der Waals surface area (Å²) in [5, 5.41) is 4.57. The molecule has 2 saturated heterocycles. The molecule has 1 unspecified atom stereocenters. The Balaban J connectivity index is 1.61. The molecule has 0 spiro atoms. The largest absolute Gasteiger partial charge is 0.421 e. The van der Waals surface area contributed by atoms with Crippen molar-refractivity contribution < 1.29 is 18.9 Å². The lowest BCUT2D eigenvalue weighted by Crippen LogP contribution is -2.63. The van der Waals surface area contributed by atoms with Gasteiger partial charge in [0.1, 0.15) is 5.69 Å². The van der Waals surface area contributed by atoms with Crippen molar-refractivity contribution in [2.45, 2.75) is 26.8 Å². The van der Waals surface area contributed by atoms with Gasteiger partial charge in [-0.3, -0.25) is 19.5 Å². The molecule has 0 N–H and O–H groups in total. The maximum absolute atomic E-state index is 13.2. The van der Waals surface area contributed by atoms with Gasteiger partial charge in [0.2, 0.25) is 11.9 Å². The summed E-state index contributed by atoms with van der Waals surface area (Å²) in [6.07, 6.45) is 0. The van der Waals surface area contributed by atoms with Gasteiger partial charge in [-0.05, 0) is 20.8 Å². The molecule has 0 bridgehead atoms. The number of aryl methyl sites for hydroxylation is 1. The average molecular weight is 402 g/mol. The van der Waals surface area contributed by atoms with Crippen molar-refractivity contribution >= 4 is 23.7 Å². The van der Waals surface area contributed by atoms with Crippen LogP contribution in [0.4, 0.5) is 4.79 Å². The number of carbonyl (C=O) groups is 2. The van der Waals surface area contributed by atoms with Crippen molar-refractivity contribution in [1.29, 1.82) is 0 Å². The molecule has 3 amide bonds. The number of likely N-dealkylation sites (N-methyl/N-ethyl adjacent to an activating group) is 2. The molecule has 10 heteroatoms. The van der Waals surface area contributed by atoms with Crippen LogP contribution >= 0.6 is 0 Å². The first kappa shape index (κ1) is 19.7. The highest BCUT2D eigenvalue weighted by Gasteiger charge is 2.52. The zero-order chi connectivity index (χ0) is 20.9. The predicted octanol–water partition coefficient (Wildman–Crippen LogP) is -0.338. The van der Waals surface area contributed by atoms with E-state index < -0.39 is 6.04 Å². The molecule has 1 aromatic rings. The van der Waals surface area contributed by atoms with Crippen LogP contribution in [-0.2, 0) is 9.53 Å². The molecule has 156 valence electrons. The molecule has 4 rings (SSSR count). The molecule has 2 fully saturated rings. The molecule has 3 aliphatic rings. The van der Waals surface area contributed by atoms with Gasteiger partial charge in [-0.1, -0.05) is 4.99 Å². The molecule has 0 aromatic carbocycles. The third-order valence-electron chi connectivity index (χ3n) is 6.11. The Bertz CT molecular complexity index is 926. The molecule has 0 aliphatic carbocycles. The van der Waals surface area contributed by atoms with E-state index in [0.717, 1.165) is 30.0 Å². The zero-order valence-electron chi connectivity index (χ0n) is 17.7. The molecular weight excluding hydrogens is 374 g/mol. The van der Waals surface area contributed by atoms with Crippen LogP contribution in [0.15, 0.2) is 4.99 Å². The van der Waals surface area contributed by atoms with Crippen LogP contribution in [0.3, 0.4) is 0 Å². The van der Waals surface area contributed by atoms with Crippen molar-refractivity contribution in [2.75, 3.05) is 53.5 Å². The minimum atomic E-state index is -0.624. The van der Waals surface area contributed by atoms with Gasteiger partial charge < -0.3 is 4.74 Å². The van der Waals surface area contributed by atoms with Crippen LogP contribution in [0.2, 0.25) is 0 Å². The van der Waals surface area contributed by atoms with E-state index in [4.69, 9.17) is 4.74 Å². The number of carbonyl (C=O) groups excluding carboxylic acids is 2. The van der Waals surface area contributed by atoms with Crippen LogP contribution < -0.4 is 0 Å². The first-order chi connectivity index (χ1) is 13.8. The third-order valence-corrected chi connectivity index (χ3v) is 6.11. The molecular formula is C19H28N7O3+. The fourth-order valence-electron chi connectivity index (χ4n) is 3.97. The smallest absolute Gasteiger partial charge is 0.379 e. The van der Waals surface area contributed by atoms with E-state index in [1.807, 2.05) is 27.8 Å². The summed E-state index contributed by atoms with van der Waals surface area (Å²) in [6, 6.07) is -0.959. The van der Waals surface area contributed by atoms with Crippen molar-refractivity contribution in [3.63, 3.8) is 0 Å². The number of morpholine rings is 1. The number of amidine groups is 1. The Morgan fingerprint density at radius 1 is 1.14 bits per heavy atom. The van der Waals surface area contributed by atoms with Gasteiger partial charge in [0.15, 0.2) is 0 Å². The quantitative estimate of drug-likeness (QED) is 0.646. The van der Waals surface area contributed by atoms with E-state index in [9.17, 15) is 9.59 Å². The summed E-state index contributed by atoms with van der Waals surface area (Å²) in [5.74, 6) is 0.767. The fraction of sp³-hybridized carbons (Fsp3) is 0.632. The van der Waals surface area contributed by atoms with Gasteiger partial charge in [0.25, 0.3) is 5.91 Å². The van der Waals surface area contributed by atoms with Gasteiger partial charge >= 0.3 is 12.0 Å². The number of aliphatic imine (C=N–C) groups is 1. The number of hydrogen-bond acceptors (Lipinski definition) is 6. The lowest BCUT2D eigenvalue weighted by atomic mass is 10.1. The van der Waals surface area contributed by atoms with Gasteiger partial charge in [-0.25, -0.2) is 9.37 Å². The number of urea groups is 1. The van der Waals surface area contributed by atoms with E-state index in [1.165, 1.54) is 9.80 Å². The second kappa shape index (κ2) is 7.34. The first-order valence-corrected chi connectivity index (χ1v) is 9.92. The molecule has 3 aliphatic heterocycles.